The molecule has 0 spiro atoms. The van der Waals surface area contributed by atoms with Crippen LogP contribution in [0.5, 0.6) is 5.75 Å². The first-order chi connectivity index (χ1) is 9.04. The van der Waals surface area contributed by atoms with Gasteiger partial charge in [-0.05, 0) is 43.2 Å². The van der Waals surface area contributed by atoms with Crippen molar-refractivity contribution in [2.24, 2.45) is 0 Å². The highest BCUT2D eigenvalue weighted by Crippen LogP contribution is 2.28. The zero-order chi connectivity index (χ0) is 14.0. The minimum Gasteiger partial charge on any atom is -0.496 e. The van der Waals surface area contributed by atoms with Crippen molar-refractivity contribution in [1.29, 1.82) is 0 Å². The third-order valence-corrected chi connectivity index (χ3v) is 3.45. The van der Waals surface area contributed by atoms with Crippen LogP contribution in [0, 0.1) is 13.8 Å². The molecule has 0 aliphatic heterocycles. The highest BCUT2D eigenvalue weighted by Gasteiger charge is 2.17. The zero-order valence-corrected chi connectivity index (χ0v) is 11.9. The van der Waals surface area contributed by atoms with Gasteiger partial charge in [0, 0.05) is 10.6 Å². The summed E-state index contributed by atoms with van der Waals surface area (Å²) in [6, 6.07) is 10.7. The molecule has 0 saturated heterocycles. The predicted molar refractivity (Wildman–Crippen MR) is 77.4 cm³/mol. The second-order valence-electron chi connectivity index (χ2n) is 4.43. The minimum absolute atomic E-state index is 0.0811. The third-order valence-electron chi connectivity index (χ3n) is 3.21. The average molecular weight is 275 g/mol. The van der Waals surface area contributed by atoms with Crippen molar-refractivity contribution < 1.29 is 9.53 Å². The fraction of sp³-hybridized carbons (Fsp3) is 0.188. The Kier molecular flexibility index (Phi) is 3.91. The lowest BCUT2D eigenvalue weighted by Crippen LogP contribution is -2.06. The topological polar surface area (TPSA) is 26.3 Å². The molecule has 0 aromatic heterocycles. The van der Waals surface area contributed by atoms with E-state index in [0.717, 1.165) is 11.1 Å². The molecule has 2 rings (SSSR count). The van der Waals surface area contributed by atoms with Gasteiger partial charge in [-0.3, -0.25) is 4.79 Å². The standard InChI is InChI=1S/C16H15ClO2/c1-10-7-8-14(16(19-3)11(10)2)15(18)12-5-4-6-13(17)9-12/h4-9H,1-3H3. The van der Waals surface area contributed by atoms with Crippen molar-refractivity contribution in [3.05, 3.63) is 63.7 Å². The lowest BCUT2D eigenvalue weighted by atomic mass is 9.98. The molecule has 0 amide bonds. The maximum Gasteiger partial charge on any atom is 0.196 e. The van der Waals surface area contributed by atoms with E-state index in [0.29, 0.717) is 21.9 Å². The fourth-order valence-electron chi connectivity index (χ4n) is 2.02. The summed E-state index contributed by atoms with van der Waals surface area (Å²) in [5.41, 5.74) is 3.21. The Balaban J connectivity index is 2.53. The lowest BCUT2D eigenvalue weighted by molar-refractivity contribution is 0.103. The Morgan fingerprint density at radius 1 is 1.16 bits per heavy atom. The monoisotopic (exact) mass is 274 g/mol. The van der Waals surface area contributed by atoms with Gasteiger partial charge in [0.15, 0.2) is 5.78 Å². The number of carbonyl (C=O) groups is 1. The van der Waals surface area contributed by atoms with Gasteiger partial charge in [-0.2, -0.15) is 0 Å². The van der Waals surface area contributed by atoms with Crippen LogP contribution in [-0.4, -0.2) is 12.9 Å². The van der Waals surface area contributed by atoms with Crippen molar-refractivity contribution in [3.63, 3.8) is 0 Å². The number of rotatable bonds is 3. The van der Waals surface area contributed by atoms with Gasteiger partial charge in [0.25, 0.3) is 0 Å². The molecule has 98 valence electrons. The molecule has 0 fully saturated rings. The van der Waals surface area contributed by atoms with E-state index < -0.39 is 0 Å². The highest BCUT2D eigenvalue weighted by atomic mass is 35.5. The smallest absolute Gasteiger partial charge is 0.196 e. The van der Waals surface area contributed by atoms with Crippen LogP contribution in [0.3, 0.4) is 0 Å². The van der Waals surface area contributed by atoms with Gasteiger partial charge in [0.1, 0.15) is 5.75 Å². The molecule has 0 bridgehead atoms. The Hall–Kier alpha value is -1.80. The SMILES string of the molecule is COc1c(C(=O)c2cccc(Cl)c2)ccc(C)c1C. The number of aryl methyl sites for hydroxylation is 1. The molecule has 0 heterocycles. The maximum atomic E-state index is 12.5. The molecule has 2 nitrogen and oxygen atoms in total. The summed E-state index contributed by atoms with van der Waals surface area (Å²) in [5, 5.41) is 0.550. The van der Waals surface area contributed by atoms with Crippen molar-refractivity contribution in [2.75, 3.05) is 7.11 Å². The molecule has 0 N–H and O–H groups in total. The normalized spacial score (nSPS) is 10.3. The Bertz CT molecular complexity index is 633. The van der Waals surface area contributed by atoms with Crippen LogP contribution in [0.25, 0.3) is 0 Å². The second-order valence-corrected chi connectivity index (χ2v) is 4.86. The van der Waals surface area contributed by atoms with E-state index >= 15 is 0 Å². The molecule has 19 heavy (non-hydrogen) atoms. The minimum atomic E-state index is -0.0811. The molecule has 2 aromatic rings. The zero-order valence-electron chi connectivity index (χ0n) is 11.2. The summed E-state index contributed by atoms with van der Waals surface area (Å²) in [4.78, 5) is 12.5. The number of benzene rings is 2. The molecular weight excluding hydrogens is 260 g/mol. The summed E-state index contributed by atoms with van der Waals surface area (Å²) in [6.45, 7) is 3.94. The van der Waals surface area contributed by atoms with Gasteiger partial charge in [-0.1, -0.05) is 29.8 Å². The summed E-state index contributed by atoms with van der Waals surface area (Å²) in [6.07, 6.45) is 0. The molecule has 0 atom stereocenters. The number of ether oxygens (including phenoxy) is 1. The number of hydrogen-bond acceptors (Lipinski definition) is 2. The number of methoxy groups -OCH3 is 1. The third kappa shape index (κ3) is 2.64. The number of carbonyl (C=O) groups excluding carboxylic acids is 1. The van der Waals surface area contributed by atoms with E-state index in [1.165, 1.54) is 0 Å². The molecular formula is C16H15ClO2. The molecule has 0 radical (unpaired) electrons. The van der Waals surface area contributed by atoms with Crippen LogP contribution in [0.1, 0.15) is 27.0 Å². The fourth-order valence-corrected chi connectivity index (χ4v) is 2.21. The molecule has 0 aliphatic rings. The van der Waals surface area contributed by atoms with Crippen molar-refractivity contribution >= 4 is 17.4 Å². The van der Waals surface area contributed by atoms with E-state index in [2.05, 4.69) is 0 Å². The predicted octanol–water partition coefficient (Wildman–Crippen LogP) is 4.20. The van der Waals surface area contributed by atoms with E-state index in [9.17, 15) is 4.79 Å². The van der Waals surface area contributed by atoms with E-state index in [1.54, 1.807) is 37.4 Å². The maximum absolute atomic E-state index is 12.5. The Morgan fingerprint density at radius 3 is 2.53 bits per heavy atom. The number of halogens is 1. The van der Waals surface area contributed by atoms with E-state index in [1.807, 2.05) is 19.9 Å². The number of ketones is 1. The molecule has 0 saturated carbocycles. The van der Waals surface area contributed by atoms with Gasteiger partial charge in [-0.25, -0.2) is 0 Å². The van der Waals surface area contributed by atoms with Crippen molar-refractivity contribution in [2.45, 2.75) is 13.8 Å². The van der Waals surface area contributed by atoms with Crippen LogP contribution < -0.4 is 4.74 Å². The van der Waals surface area contributed by atoms with E-state index in [-0.39, 0.29) is 5.78 Å². The Morgan fingerprint density at radius 2 is 1.89 bits per heavy atom. The van der Waals surface area contributed by atoms with E-state index in [4.69, 9.17) is 16.3 Å². The van der Waals surface area contributed by atoms with Gasteiger partial charge in [-0.15, -0.1) is 0 Å². The second kappa shape index (κ2) is 5.45. The van der Waals surface area contributed by atoms with Crippen LogP contribution in [0.4, 0.5) is 0 Å². The van der Waals surface area contributed by atoms with Crippen LogP contribution >= 0.6 is 11.6 Å². The number of hydrogen-bond donors (Lipinski definition) is 0. The van der Waals surface area contributed by atoms with Gasteiger partial charge in [0.05, 0.1) is 12.7 Å². The van der Waals surface area contributed by atoms with Gasteiger partial charge in [0.2, 0.25) is 0 Å². The quantitative estimate of drug-likeness (QED) is 0.784. The van der Waals surface area contributed by atoms with Crippen molar-refractivity contribution in [3.8, 4) is 5.75 Å². The van der Waals surface area contributed by atoms with Crippen LogP contribution in [0.2, 0.25) is 5.02 Å². The highest BCUT2D eigenvalue weighted by molar-refractivity contribution is 6.31. The van der Waals surface area contributed by atoms with Crippen LogP contribution in [-0.2, 0) is 0 Å². The van der Waals surface area contributed by atoms with Gasteiger partial charge < -0.3 is 4.74 Å². The summed E-state index contributed by atoms with van der Waals surface area (Å²) in [7, 11) is 1.58. The Labute approximate surface area is 118 Å². The first kappa shape index (κ1) is 13.6. The molecule has 3 heteroatoms. The molecule has 0 aliphatic carbocycles. The molecule has 0 unspecified atom stereocenters. The molecule has 2 aromatic carbocycles. The lowest BCUT2D eigenvalue weighted by Gasteiger charge is -2.12. The summed E-state index contributed by atoms with van der Waals surface area (Å²) >= 11 is 5.92. The van der Waals surface area contributed by atoms with Gasteiger partial charge >= 0.3 is 0 Å². The average Bonchev–Trinajstić information content (AvgIpc) is 2.41. The van der Waals surface area contributed by atoms with Crippen LogP contribution in [0.15, 0.2) is 36.4 Å². The van der Waals surface area contributed by atoms with Crippen molar-refractivity contribution in [1.82, 2.24) is 0 Å². The summed E-state index contributed by atoms with van der Waals surface area (Å²) in [5.74, 6) is 0.549. The summed E-state index contributed by atoms with van der Waals surface area (Å²) < 4.78 is 5.38. The first-order valence-corrected chi connectivity index (χ1v) is 6.37. The first-order valence-electron chi connectivity index (χ1n) is 5.99. The largest absolute Gasteiger partial charge is 0.496 e.